The van der Waals surface area contributed by atoms with Gasteiger partial charge in [-0.15, -0.1) is 0 Å². The van der Waals surface area contributed by atoms with Crippen LogP contribution in [0.3, 0.4) is 0 Å². The fourth-order valence-electron chi connectivity index (χ4n) is 6.88. The predicted octanol–water partition coefficient (Wildman–Crippen LogP) is -0.737. The largest absolute Gasteiger partial charge is 0.477 e. The van der Waals surface area contributed by atoms with Crippen LogP contribution >= 0.6 is 0 Å². The molecule has 43 heavy (non-hydrogen) atoms. The maximum Gasteiger partial charge on any atom is 0.415 e. The molecule has 3 aliphatic rings. The number of aliphatic imine (C=N–C) groups is 1. The fourth-order valence-corrected chi connectivity index (χ4v) is 6.88. The Bertz CT molecular complexity index is 1270. The predicted molar refractivity (Wildman–Crippen MR) is 160 cm³/mol. The number of rotatable bonds is 13. The molecule has 1 aliphatic heterocycles. The summed E-state index contributed by atoms with van der Waals surface area (Å²) < 4.78 is 12.1. The third-order valence-electron chi connectivity index (χ3n) is 8.95. The van der Waals surface area contributed by atoms with Crippen LogP contribution in [0.5, 0.6) is 11.5 Å². The molecule has 9 N–H and O–H groups in total. The molecule has 1 fully saturated rings. The van der Waals surface area contributed by atoms with Crippen molar-refractivity contribution in [2.75, 3.05) is 40.3 Å². The number of benzene rings is 1. The molecule has 1 heterocycles. The van der Waals surface area contributed by atoms with Crippen LogP contribution in [0.15, 0.2) is 17.1 Å². The minimum absolute atomic E-state index is 0.0547. The summed E-state index contributed by atoms with van der Waals surface area (Å²) in [5.74, 6) is 0.134. The number of likely N-dealkylation sites (N-methyl/N-ethyl adjacent to an activating group) is 2. The van der Waals surface area contributed by atoms with Gasteiger partial charge >= 0.3 is 6.09 Å². The average Bonchev–Trinajstić information content (AvgIpc) is 3.36. The lowest BCUT2D eigenvalue weighted by Gasteiger charge is -2.50. The van der Waals surface area contributed by atoms with E-state index in [0.717, 1.165) is 30.4 Å². The van der Waals surface area contributed by atoms with Crippen LogP contribution < -0.4 is 42.6 Å². The van der Waals surface area contributed by atoms with E-state index >= 15 is 0 Å². The van der Waals surface area contributed by atoms with E-state index < -0.39 is 35.5 Å². The number of nitrogens with zero attached hydrogens (tertiary/aromatic N) is 2. The molecule has 0 aromatic heterocycles. The first-order chi connectivity index (χ1) is 20.6. The summed E-state index contributed by atoms with van der Waals surface area (Å²) in [6, 6.07) is 3.09. The number of ether oxygens (including phenoxy) is 2. The lowest BCUT2D eigenvalue weighted by atomic mass is 9.54. The fraction of sp³-hybridized carbons (Fsp3) is 0.621. The zero-order chi connectivity index (χ0) is 31.3. The summed E-state index contributed by atoms with van der Waals surface area (Å²) in [4.78, 5) is 56.0. The number of guanidine groups is 1. The molecule has 14 heteroatoms. The first-order valence-corrected chi connectivity index (χ1v) is 14.9. The highest BCUT2D eigenvalue weighted by molar-refractivity contribution is 5.89. The zero-order valence-electron chi connectivity index (χ0n) is 25.1. The number of carbonyl (C=O) groups is 4. The SMILES string of the molecule is CC[C@]12c3c4ccc(OC(=O)N(C)CCNC(=O)[C@H](CCCN=C(N)N)NC(=O)CN)c3OC1C(=O)CCC2[C@H](NC)C4. The molecule has 0 spiro atoms. The minimum atomic E-state index is -0.831. The zero-order valence-corrected chi connectivity index (χ0v) is 25.1. The van der Waals surface area contributed by atoms with Crippen molar-refractivity contribution in [2.24, 2.45) is 28.1 Å². The number of nitrogens with one attached hydrogen (secondary N) is 3. The molecule has 0 bridgehead atoms. The van der Waals surface area contributed by atoms with E-state index in [9.17, 15) is 19.2 Å². The maximum absolute atomic E-state index is 13.1. The van der Waals surface area contributed by atoms with E-state index in [-0.39, 0.29) is 49.1 Å². The topological polar surface area (TPSA) is 216 Å². The molecule has 3 amide bonds. The number of hydrogen-bond acceptors (Lipinski definition) is 9. The monoisotopic (exact) mass is 600 g/mol. The van der Waals surface area contributed by atoms with Gasteiger partial charge in [0.25, 0.3) is 0 Å². The highest BCUT2D eigenvalue weighted by Gasteiger charge is 2.62. The van der Waals surface area contributed by atoms with Gasteiger partial charge < -0.3 is 47.5 Å². The van der Waals surface area contributed by atoms with Crippen molar-refractivity contribution in [3.05, 3.63) is 23.3 Å². The van der Waals surface area contributed by atoms with Gasteiger partial charge in [0, 0.05) is 50.1 Å². The average molecular weight is 601 g/mol. The highest BCUT2D eigenvalue weighted by Crippen LogP contribution is 2.61. The highest BCUT2D eigenvalue weighted by atomic mass is 16.6. The molecule has 2 unspecified atom stereocenters. The third kappa shape index (κ3) is 6.39. The van der Waals surface area contributed by atoms with Crippen molar-refractivity contribution in [3.63, 3.8) is 0 Å². The van der Waals surface area contributed by atoms with Crippen molar-refractivity contribution in [1.82, 2.24) is 20.9 Å². The number of ketones is 1. The van der Waals surface area contributed by atoms with E-state index in [0.29, 0.717) is 31.6 Å². The first-order valence-electron chi connectivity index (χ1n) is 14.9. The van der Waals surface area contributed by atoms with Crippen LogP contribution in [0, 0.1) is 5.92 Å². The van der Waals surface area contributed by atoms with Gasteiger partial charge in [0.1, 0.15) is 6.04 Å². The van der Waals surface area contributed by atoms with Gasteiger partial charge in [-0.1, -0.05) is 13.0 Å². The van der Waals surface area contributed by atoms with Gasteiger partial charge in [0.15, 0.2) is 29.3 Å². The van der Waals surface area contributed by atoms with Crippen molar-refractivity contribution >= 4 is 29.7 Å². The summed E-state index contributed by atoms with van der Waals surface area (Å²) in [5, 5.41) is 8.78. The molecule has 1 aromatic rings. The quantitative estimate of drug-likeness (QED) is 0.0947. The van der Waals surface area contributed by atoms with Crippen molar-refractivity contribution in [1.29, 1.82) is 0 Å². The Morgan fingerprint density at radius 1 is 1.28 bits per heavy atom. The summed E-state index contributed by atoms with van der Waals surface area (Å²) in [6.07, 6.45) is 2.34. The Labute approximate surface area is 251 Å². The van der Waals surface area contributed by atoms with Gasteiger partial charge in [-0.25, -0.2) is 4.79 Å². The van der Waals surface area contributed by atoms with Gasteiger partial charge in [-0.3, -0.25) is 19.4 Å². The molecule has 14 nitrogen and oxygen atoms in total. The molecule has 1 saturated carbocycles. The molecule has 5 atom stereocenters. The van der Waals surface area contributed by atoms with Crippen LogP contribution in [0.25, 0.3) is 0 Å². The number of amides is 3. The second kappa shape index (κ2) is 13.6. The number of nitrogens with two attached hydrogens (primary N) is 3. The van der Waals surface area contributed by atoms with Crippen LogP contribution in [-0.4, -0.2) is 93.0 Å². The smallest absolute Gasteiger partial charge is 0.415 e. The lowest BCUT2D eigenvalue weighted by Crippen LogP contribution is -2.60. The van der Waals surface area contributed by atoms with Gasteiger partial charge in [0.2, 0.25) is 11.8 Å². The number of Topliss-reactive ketones (excluding diaryl/α,β-unsaturated/α-hetero) is 1. The summed E-state index contributed by atoms with van der Waals surface area (Å²) >= 11 is 0. The Hall–Kier alpha value is -3.91. The Kier molecular flexibility index (Phi) is 10.1. The Morgan fingerprint density at radius 2 is 2.05 bits per heavy atom. The van der Waals surface area contributed by atoms with Crippen LogP contribution in [0.4, 0.5) is 4.79 Å². The maximum atomic E-state index is 13.1. The van der Waals surface area contributed by atoms with Crippen molar-refractivity contribution in [3.8, 4) is 11.5 Å². The molecule has 1 aromatic carbocycles. The molecule has 236 valence electrons. The summed E-state index contributed by atoms with van der Waals surface area (Å²) in [7, 11) is 3.52. The van der Waals surface area contributed by atoms with Crippen molar-refractivity contribution in [2.45, 2.75) is 69.1 Å². The molecule has 2 aliphatic carbocycles. The minimum Gasteiger partial charge on any atom is -0.477 e. The normalized spacial score (nSPS) is 23.8. The molecule has 0 radical (unpaired) electrons. The van der Waals surface area contributed by atoms with E-state index in [2.05, 4.69) is 27.9 Å². The third-order valence-corrected chi connectivity index (χ3v) is 8.95. The lowest BCUT2D eigenvalue weighted by molar-refractivity contribution is -0.134. The van der Waals surface area contributed by atoms with Crippen LogP contribution in [-0.2, 0) is 26.2 Å². The number of carbonyl (C=O) groups excluding carboxylic acids is 4. The van der Waals surface area contributed by atoms with E-state index in [1.165, 1.54) is 4.90 Å². The van der Waals surface area contributed by atoms with E-state index in [1.807, 2.05) is 13.1 Å². The standard InChI is InChI=1S/C29H44N8O6/c1-4-29-17-8-9-20(38)25(29)43-24-21(10-7-16(23(24)29)14-19(17)33-2)42-28(41)37(3)13-12-34-26(40)18(36-22(39)15-30)6-5-11-35-27(31)32/h7,10,17-19,25,33H,4-6,8-9,11-15,30H2,1-3H3,(H,34,40)(H,36,39)(H4,31,32,35)/t17?,18-,19+,25?,29-/m0/s1. The number of hydrogen-bond donors (Lipinski definition) is 6. The van der Waals surface area contributed by atoms with Gasteiger partial charge in [-0.2, -0.15) is 0 Å². The Balaban J connectivity index is 1.40. The molecular weight excluding hydrogens is 556 g/mol. The molecular formula is C29H44N8O6. The second-order valence-corrected chi connectivity index (χ2v) is 11.4. The van der Waals surface area contributed by atoms with Crippen molar-refractivity contribution < 1.29 is 28.7 Å². The van der Waals surface area contributed by atoms with Gasteiger partial charge in [-0.05, 0) is 56.7 Å². The molecule has 0 saturated heterocycles. The van der Waals surface area contributed by atoms with E-state index in [4.69, 9.17) is 26.7 Å². The molecule has 4 rings (SSSR count). The van der Waals surface area contributed by atoms with E-state index in [1.54, 1.807) is 13.1 Å². The second-order valence-electron chi connectivity index (χ2n) is 11.4. The summed E-state index contributed by atoms with van der Waals surface area (Å²) in [5.41, 5.74) is 17.7. The van der Waals surface area contributed by atoms with Gasteiger partial charge in [0.05, 0.1) is 6.54 Å². The van der Waals surface area contributed by atoms with Crippen LogP contribution in [0.1, 0.15) is 50.2 Å². The Morgan fingerprint density at radius 3 is 2.72 bits per heavy atom. The summed E-state index contributed by atoms with van der Waals surface area (Å²) in [6.45, 7) is 2.40. The first kappa shape index (κ1) is 32.0. The van der Waals surface area contributed by atoms with Crippen LogP contribution in [0.2, 0.25) is 0 Å².